The van der Waals surface area contributed by atoms with Gasteiger partial charge in [0.1, 0.15) is 4.90 Å². The van der Waals surface area contributed by atoms with Crippen molar-refractivity contribution in [1.82, 2.24) is 19.8 Å². The molecule has 1 aliphatic rings. The summed E-state index contributed by atoms with van der Waals surface area (Å²) in [4.78, 5) is 0.240. The van der Waals surface area contributed by atoms with Crippen LogP contribution in [0.5, 0.6) is 0 Å². The Morgan fingerprint density at radius 2 is 2.14 bits per heavy atom. The van der Waals surface area contributed by atoms with E-state index < -0.39 is 10.0 Å². The fourth-order valence-electron chi connectivity index (χ4n) is 2.06. The molecule has 7 heteroatoms. The van der Waals surface area contributed by atoms with Crippen LogP contribution in [0.2, 0.25) is 0 Å². The highest BCUT2D eigenvalue weighted by molar-refractivity contribution is 7.89. The first-order chi connectivity index (χ1) is 9.92. The van der Waals surface area contributed by atoms with Gasteiger partial charge in [0.05, 0.1) is 12.7 Å². The summed E-state index contributed by atoms with van der Waals surface area (Å²) in [7, 11) is -3.48. The summed E-state index contributed by atoms with van der Waals surface area (Å²) in [5.74, 6) is 0.303. The molecule has 21 heavy (non-hydrogen) atoms. The van der Waals surface area contributed by atoms with Crippen molar-refractivity contribution in [3.05, 3.63) is 12.4 Å². The van der Waals surface area contributed by atoms with Crippen molar-refractivity contribution in [3.63, 3.8) is 0 Å². The predicted octanol–water partition coefficient (Wildman–Crippen LogP) is 1.35. The summed E-state index contributed by atoms with van der Waals surface area (Å²) in [6.07, 6.45) is 6.45. The molecule has 0 radical (unpaired) electrons. The highest BCUT2D eigenvalue weighted by Gasteiger charge is 2.22. The highest BCUT2D eigenvalue weighted by atomic mass is 32.2. The number of nitrogens with zero attached hydrogens (tertiary/aromatic N) is 2. The Labute approximate surface area is 127 Å². The van der Waals surface area contributed by atoms with Crippen molar-refractivity contribution in [1.29, 1.82) is 0 Å². The summed E-state index contributed by atoms with van der Waals surface area (Å²) in [6.45, 7) is 7.51. The van der Waals surface area contributed by atoms with Crippen LogP contribution in [0.4, 0.5) is 0 Å². The van der Waals surface area contributed by atoms with Crippen LogP contribution in [0, 0.1) is 5.92 Å². The maximum atomic E-state index is 12.3. The Morgan fingerprint density at radius 1 is 1.43 bits per heavy atom. The molecule has 0 bridgehead atoms. The Balaban J connectivity index is 1.91. The minimum Gasteiger partial charge on any atom is -0.312 e. The van der Waals surface area contributed by atoms with E-state index in [0.717, 1.165) is 13.0 Å². The van der Waals surface area contributed by atoms with Gasteiger partial charge in [0, 0.05) is 24.8 Å². The zero-order chi connectivity index (χ0) is 15.5. The quantitative estimate of drug-likeness (QED) is 0.721. The molecule has 0 spiro atoms. The monoisotopic (exact) mass is 314 g/mol. The van der Waals surface area contributed by atoms with Gasteiger partial charge in [-0.15, -0.1) is 0 Å². The molecule has 1 aromatic rings. The Kier molecular flexibility index (Phi) is 5.40. The molecule has 0 amide bonds. The van der Waals surface area contributed by atoms with Gasteiger partial charge in [0.15, 0.2) is 0 Å². The van der Waals surface area contributed by atoms with Gasteiger partial charge in [-0.1, -0.05) is 20.3 Å². The van der Waals surface area contributed by atoms with Crippen molar-refractivity contribution >= 4 is 10.0 Å². The summed E-state index contributed by atoms with van der Waals surface area (Å²) in [5, 5.41) is 7.51. The molecular formula is C14H26N4O2S. The zero-order valence-corrected chi connectivity index (χ0v) is 13.9. The van der Waals surface area contributed by atoms with E-state index in [4.69, 9.17) is 0 Å². The molecule has 1 heterocycles. The lowest BCUT2D eigenvalue weighted by Crippen LogP contribution is -2.36. The molecule has 1 aliphatic carbocycles. The fraction of sp³-hybridized carbons (Fsp3) is 0.786. The molecule has 1 aromatic heterocycles. The molecule has 0 saturated heterocycles. The zero-order valence-electron chi connectivity index (χ0n) is 13.0. The van der Waals surface area contributed by atoms with E-state index in [0.29, 0.717) is 18.5 Å². The largest absolute Gasteiger partial charge is 0.312 e. The number of nitrogens with one attached hydrogen (secondary N) is 2. The Morgan fingerprint density at radius 3 is 2.76 bits per heavy atom. The van der Waals surface area contributed by atoms with E-state index in [2.05, 4.69) is 22.1 Å². The maximum Gasteiger partial charge on any atom is 0.243 e. The first-order valence-electron chi connectivity index (χ1n) is 7.70. The number of sulfonamides is 1. The van der Waals surface area contributed by atoms with Crippen molar-refractivity contribution in [2.45, 2.75) is 63.6 Å². The summed E-state index contributed by atoms with van der Waals surface area (Å²) in [5.41, 5.74) is 0. The fourth-order valence-corrected chi connectivity index (χ4v) is 3.36. The second-order valence-electron chi connectivity index (χ2n) is 5.96. The van der Waals surface area contributed by atoms with Gasteiger partial charge in [-0.3, -0.25) is 4.68 Å². The van der Waals surface area contributed by atoms with Crippen LogP contribution in [0.15, 0.2) is 17.3 Å². The molecular weight excluding hydrogens is 288 g/mol. The first kappa shape index (κ1) is 16.5. The molecule has 1 fully saturated rings. The third kappa shape index (κ3) is 4.79. The SMILES string of the molecule is CCC(C)C(C)NS(=O)(=O)c1cnn(CCNC2CC2)c1. The van der Waals surface area contributed by atoms with Crippen molar-refractivity contribution in [2.75, 3.05) is 6.54 Å². The summed E-state index contributed by atoms with van der Waals surface area (Å²) in [6, 6.07) is 0.571. The lowest BCUT2D eigenvalue weighted by molar-refractivity contribution is 0.434. The van der Waals surface area contributed by atoms with Crippen LogP contribution in [-0.4, -0.2) is 36.8 Å². The van der Waals surface area contributed by atoms with E-state index in [9.17, 15) is 8.42 Å². The molecule has 2 unspecified atom stereocenters. The van der Waals surface area contributed by atoms with Crippen LogP contribution in [0.3, 0.4) is 0 Å². The highest BCUT2D eigenvalue weighted by Crippen LogP contribution is 2.18. The first-order valence-corrected chi connectivity index (χ1v) is 9.19. The van der Waals surface area contributed by atoms with Crippen LogP contribution in [0.1, 0.15) is 40.0 Å². The van der Waals surface area contributed by atoms with E-state index in [1.54, 1.807) is 10.9 Å². The molecule has 1 saturated carbocycles. The molecule has 0 aromatic carbocycles. The van der Waals surface area contributed by atoms with Gasteiger partial charge < -0.3 is 5.32 Å². The normalized spacial score (nSPS) is 18.6. The minimum atomic E-state index is -3.48. The van der Waals surface area contributed by atoms with Gasteiger partial charge >= 0.3 is 0 Å². The van der Waals surface area contributed by atoms with E-state index >= 15 is 0 Å². The second-order valence-corrected chi connectivity index (χ2v) is 7.68. The third-order valence-corrected chi connectivity index (χ3v) is 5.62. The minimum absolute atomic E-state index is 0.0834. The predicted molar refractivity (Wildman–Crippen MR) is 82.5 cm³/mol. The lowest BCUT2D eigenvalue weighted by atomic mass is 10.0. The smallest absolute Gasteiger partial charge is 0.243 e. The van der Waals surface area contributed by atoms with Crippen LogP contribution in [-0.2, 0) is 16.6 Å². The average Bonchev–Trinajstić information content (AvgIpc) is 3.12. The summed E-state index contributed by atoms with van der Waals surface area (Å²) >= 11 is 0. The molecule has 0 aliphatic heterocycles. The Bertz CT molecular complexity index is 551. The lowest BCUT2D eigenvalue weighted by Gasteiger charge is -2.19. The van der Waals surface area contributed by atoms with Crippen LogP contribution >= 0.6 is 0 Å². The van der Waals surface area contributed by atoms with Gasteiger partial charge in [0.2, 0.25) is 10.0 Å². The Hall–Kier alpha value is -0.920. The number of hydrogen-bond acceptors (Lipinski definition) is 4. The standard InChI is InChI=1S/C14H26N4O2S/c1-4-11(2)12(3)17-21(19,20)14-9-16-18(10-14)8-7-15-13-5-6-13/h9-13,15,17H,4-8H2,1-3H3. The molecule has 2 atom stereocenters. The van der Waals surface area contributed by atoms with Crippen molar-refractivity contribution < 1.29 is 8.42 Å². The molecule has 2 rings (SSSR count). The van der Waals surface area contributed by atoms with Crippen LogP contribution < -0.4 is 10.0 Å². The maximum absolute atomic E-state index is 12.3. The van der Waals surface area contributed by atoms with Gasteiger partial charge in [-0.2, -0.15) is 5.10 Å². The molecule has 6 nitrogen and oxygen atoms in total. The number of rotatable bonds is 9. The van der Waals surface area contributed by atoms with Gasteiger partial charge in [-0.25, -0.2) is 13.1 Å². The third-order valence-electron chi connectivity index (χ3n) is 4.11. The van der Waals surface area contributed by atoms with Crippen molar-refractivity contribution in [2.24, 2.45) is 5.92 Å². The van der Waals surface area contributed by atoms with Crippen LogP contribution in [0.25, 0.3) is 0 Å². The molecule has 2 N–H and O–H groups in total. The topological polar surface area (TPSA) is 76.0 Å². The van der Waals surface area contributed by atoms with Crippen molar-refractivity contribution in [3.8, 4) is 0 Å². The van der Waals surface area contributed by atoms with E-state index in [1.165, 1.54) is 19.0 Å². The van der Waals surface area contributed by atoms with Gasteiger partial charge in [0.25, 0.3) is 0 Å². The number of hydrogen-bond donors (Lipinski definition) is 2. The summed E-state index contributed by atoms with van der Waals surface area (Å²) < 4.78 is 29.0. The second kappa shape index (κ2) is 6.89. The number of aromatic nitrogens is 2. The van der Waals surface area contributed by atoms with E-state index in [-0.39, 0.29) is 10.9 Å². The van der Waals surface area contributed by atoms with E-state index in [1.807, 2.05) is 13.8 Å². The van der Waals surface area contributed by atoms with Gasteiger partial charge in [-0.05, 0) is 25.7 Å². The molecule has 120 valence electrons. The average molecular weight is 314 g/mol.